The molecular weight excluding hydrogens is 210 g/mol. The molecule has 0 aromatic carbocycles. The van der Waals surface area contributed by atoms with E-state index in [4.69, 9.17) is 5.11 Å². The third-order valence-corrected chi connectivity index (χ3v) is 2.60. The molecule has 4 nitrogen and oxygen atoms in total. The van der Waals surface area contributed by atoms with Crippen LogP contribution in [0, 0.1) is 6.92 Å². The molecule has 84 valence electrons. The molecule has 1 aromatic rings. The Kier molecular flexibility index (Phi) is 5.42. The molecule has 0 aliphatic rings. The summed E-state index contributed by atoms with van der Waals surface area (Å²) in [5.74, 6) is 1.35. The first-order valence-corrected chi connectivity index (χ1v) is 6.08. The van der Waals surface area contributed by atoms with Crippen LogP contribution < -0.4 is 5.32 Å². The van der Waals surface area contributed by atoms with Gasteiger partial charge in [0.1, 0.15) is 5.03 Å². The van der Waals surface area contributed by atoms with Crippen molar-refractivity contribution in [1.82, 2.24) is 9.97 Å². The van der Waals surface area contributed by atoms with Crippen LogP contribution in [0.15, 0.2) is 11.1 Å². The maximum absolute atomic E-state index is 8.73. The van der Waals surface area contributed by atoms with Gasteiger partial charge >= 0.3 is 0 Å². The highest BCUT2D eigenvalue weighted by Crippen LogP contribution is 2.17. The lowest BCUT2D eigenvalue weighted by atomic mass is 10.4. The number of nitrogens with one attached hydrogen (secondary N) is 1. The maximum atomic E-state index is 8.73. The fourth-order valence-electron chi connectivity index (χ4n) is 1.08. The highest BCUT2D eigenvalue weighted by atomic mass is 32.2. The second kappa shape index (κ2) is 6.63. The second-order valence-electron chi connectivity index (χ2n) is 3.17. The van der Waals surface area contributed by atoms with Crippen LogP contribution in [-0.2, 0) is 0 Å². The Balaban J connectivity index is 2.66. The van der Waals surface area contributed by atoms with Crippen molar-refractivity contribution in [2.45, 2.75) is 25.3 Å². The van der Waals surface area contributed by atoms with E-state index in [9.17, 15) is 0 Å². The summed E-state index contributed by atoms with van der Waals surface area (Å²) in [4.78, 5) is 8.62. The Bertz CT molecular complexity index is 280. The Morgan fingerprint density at radius 2 is 2.27 bits per heavy atom. The number of thioether (sulfide) groups is 1. The molecule has 1 aromatic heterocycles. The Morgan fingerprint density at radius 3 is 2.93 bits per heavy atom. The third kappa shape index (κ3) is 4.48. The van der Waals surface area contributed by atoms with Gasteiger partial charge in [-0.05, 0) is 19.4 Å². The summed E-state index contributed by atoms with van der Waals surface area (Å²) in [6.45, 7) is 5.10. The molecule has 0 saturated heterocycles. The molecule has 0 aliphatic carbocycles. The first kappa shape index (κ1) is 12.3. The van der Waals surface area contributed by atoms with Gasteiger partial charge in [-0.15, -0.1) is 11.8 Å². The molecule has 0 unspecified atom stereocenters. The topological polar surface area (TPSA) is 58.0 Å². The summed E-state index contributed by atoms with van der Waals surface area (Å²) in [5.41, 5.74) is 0.948. The first-order chi connectivity index (χ1) is 7.26. The van der Waals surface area contributed by atoms with Gasteiger partial charge in [-0.25, -0.2) is 9.97 Å². The van der Waals surface area contributed by atoms with Gasteiger partial charge in [0.25, 0.3) is 0 Å². The van der Waals surface area contributed by atoms with Gasteiger partial charge in [0.15, 0.2) is 0 Å². The SMILES string of the molecule is CCCNc1nc(C)cc(SCCO)n1. The van der Waals surface area contributed by atoms with E-state index in [2.05, 4.69) is 22.2 Å². The standard InChI is InChI=1S/C10H17N3OS/c1-3-4-11-10-12-8(2)7-9(13-10)15-6-5-14/h7,14H,3-6H2,1-2H3,(H,11,12,13). The Hall–Kier alpha value is -0.810. The van der Waals surface area contributed by atoms with E-state index >= 15 is 0 Å². The molecule has 5 heteroatoms. The summed E-state index contributed by atoms with van der Waals surface area (Å²) in [6.07, 6.45) is 1.05. The average Bonchev–Trinajstić information content (AvgIpc) is 2.23. The fourth-order valence-corrected chi connectivity index (χ4v) is 1.79. The smallest absolute Gasteiger partial charge is 0.223 e. The molecule has 0 fully saturated rings. The summed E-state index contributed by atoms with van der Waals surface area (Å²) in [6, 6.07) is 1.93. The predicted molar refractivity (Wildman–Crippen MR) is 63.4 cm³/mol. The zero-order chi connectivity index (χ0) is 11.1. The molecule has 0 saturated carbocycles. The number of aromatic nitrogens is 2. The lowest BCUT2D eigenvalue weighted by Gasteiger charge is -2.06. The van der Waals surface area contributed by atoms with Crippen molar-refractivity contribution in [2.75, 3.05) is 24.2 Å². The molecule has 0 atom stereocenters. The number of anilines is 1. The molecule has 1 rings (SSSR count). The normalized spacial score (nSPS) is 10.3. The van der Waals surface area contributed by atoms with Crippen LogP contribution in [0.25, 0.3) is 0 Å². The van der Waals surface area contributed by atoms with Gasteiger partial charge in [0.2, 0.25) is 5.95 Å². The molecule has 0 aliphatic heterocycles. The minimum atomic E-state index is 0.172. The van der Waals surface area contributed by atoms with Gasteiger partial charge in [-0.3, -0.25) is 0 Å². The van der Waals surface area contributed by atoms with Crippen LogP contribution in [0.5, 0.6) is 0 Å². The number of aryl methyl sites for hydroxylation is 1. The van der Waals surface area contributed by atoms with E-state index < -0.39 is 0 Å². The van der Waals surface area contributed by atoms with Crippen LogP contribution in [0.3, 0.4) is 0 Å². The molecular formula is C10H17N3OS. The molecule has 1 heterocycles. The van der Waals surface area contributed by atoms with E-state index in [0.717, 1.165) is 23.7 Å². The minimum Gasteiger partial charge on any atom is -0.396 e. The monoisotopic (exact) mass is 227 g/mol. The zero-order valence-corrected chi connectivity index (χ0v) is 9.97. The van der Waals surface area contributed by atoms with Crippen molar-refractivity contribution in [2.24, 2.45) is 0 Å². The van der Waals surface area contributed by atoms with Gasteiger partial charge in [-0.2, -0.15) is 0 Å². The van der Waals surface area contributed by atoms with Crippen molar-refractivity contribution in [3.63, 3.8) is 0 Å². The summed E-state index contributed by atoms with van der Waals surface area (Å²) >= 11 is 1.54. The average molecular weight is 227 g/mol. The van der Waals surface area contributed by atoms with E-state index in [1.165, 1.54) is 0 Å². The van der Waals surface area contributed by atoms with E-state index in [-0.39, 0.29) is 6.61 Å². The van der Waals surface area contributed by atoms with Crippen LogP contribution in [0.4, 0.5) is 5.95 Å². The van der Waals surface area contributed by atoms with Crippen LogP contribution in [0.1, 0.15) is 19.0 Å². The molecule has 0 bridgehead atoms. The van der Waals surface area contributed by atoms with Crippen molar-refractivity contribution < 1.29 is 5.11 Å². The number of hydrogen-bond acceptors (Lipinski definition) is 5. The highest BCUT2D eigenvalue weighted by Gasteiger charge is 2.01. The third-order valence-electron chi connectivity index (χ3n) is 1.71. The van der Waals surface area contributed by atoms with Crippen molar-refractivity contribution >= 4 is 17.7 Å². The quantitative estimate of drug-likeness (QED) is 0.572. The van der Waals surface area contributed by atoms with Crippen molar-refractivity contribution in [1.29, 1.82) is 0 Å². The van der Waals surface area contributed by atoms with E-state index in [0.29, 0.717) is 11.7 Å². The number of aliphatic hydroxyl groups excluding tert-OH is 1. The lowest BCUT2D eigenvalue weighted by molar-refractivity contribution is 0.322. The summed E-state index contributed by atoms with van der Waals surface area (Å²) in [5, 5.41) is 12.8. The molecule has 0 radical (unpaired) electrons. The molecule has 0 spiro atoms. The Morgan fingerprint density at radius 1 is 1.47 bits per heavy atom. The van der Waals surface area contributed by atoms with Crippen LogP contribution in [0.2, 0.25) is 0 Å². The largest absolute Gasteiger partial charge is 0.396 e. The van der Waals surface area contributed by atoms with Crippen molar-refractivity contribution in [3.05, 3.63) is 11.8 Å². The van der Waals surface area contributed by atoms with Crippen LogP contribution >= 0.6 is 11.8 Å². The number of rotatable bonds is 6. The zero-order valence-electron chi connectivity index (χ0n) is 9.16. The molecule has 0 amide bonds. The maximum Gasteiger partial charge on any atom is 0.223 e. The summed E-state index contributed by atoms with van der Waals surface area (Å²) in [7, 11) is 0. The van der Waals surface area contributed by atoms with Gasteiger partial charge in [-0.1, -0.05) is 6.92 Å². The van der Waals surface area contributed by atoms with Crippen LogP contribution in [-0.4, -0.2) is 34.0 Å². The number of hydrogen-bond donors (Lipinski definition) is 2. The van der Waals surface area contributed by atoms with Crippen molar-refractivity contribution in [3.8, 4) is 0 Å². The highest BCUT2D eigenvalue weighted by molar-refractivity contribution is 7.99. The summed E-state index contributed by atoms with van der Waals surface area (Å²) < 4.78 is 0. The lowest BCUT2D eigenvalue weighted by Crippen LogP contribution is -2.05. The molecule has 15 heavy (non-hydrogen) atoms. The number of nitrogens with zero attached hydrogens (tertiary/aromatic N) is 2. The van der Waals surface area contributed by atoms with E-state index in [1.807, 2.05) is 13.0 Å². The van der Waals surface area contributed by atoms with Gasteiger partial charge in [0, 0.05) is 18.0 Å². The first-order valence-electron chi connectivity index (χ1n) is 5.09. The van der Waals surface area contributed by atoms with Gasteiger partial charge in [0.05, 0.1) is 6.61 Å². The Labute approximate surface area is 94.5 Å². The van der Waals surface area contributed by atoms with E-state index in [1.54, 1.807) is 11.8 Å². The predicted octanol–water partition coefficient (Wildman–Crippen LogP) is 1.69. The van der Waals surface area contributed by atoms with Gasteiger partial charge < -0.3 is 10.4 Å². The second-order valence-corrected chi connectivity index (χ2v) is 4.29. The number of aliphatic hydroxyl groups is 1. The fraction of sp³-hybridized carbons (Fsp3) is 0.600. The minimum absolute atomic E-state index is 0.172. The molecule has 2 N–H and O–H groups in total.